The van der Waals surface area contributed by atoms with E-state index in [0.717, 1.165) is 17.1 Å². The number of pyridine rings is 1. The number of nitrogens with zero attached hydrogens (tertiary/aromatic N) is 3. The molecule has 0 unspecified atom stereocenters. The minimum absolute atomic E-state index is 0.568. The molecule has 2 aromatic heterocycles. The first-order valence-corrected chi connectivity index (χ1v) is 6.39. The zero-order valence-electron chi connectivity index (χ0n) is 11.1. The van der Waals surface area contributed by atoms with Gasteiger partial charge in [0.25, 0.3) is 0 Å². The predicted octanol–water partition coefficient (Wildman–Crippen LogP) is 3.59. The van der Waals surface area contributed by atoms with Gasteiger partial charge >= 0.3 is 0 Å². The lowest BCUT2D eigenvalue weighted by molar-refractivity contribution is 1.15. The summed E-state index contributed by atoms with van der Waals surface area (Å²) < 4.78 is 0. The molecule has 20 heavy (non-hydrogen) atoms. The molecular formula is C16H14N4. The largest absolute Gasteiger partial charge is 0.324 e. The molecule has 0 spiro atoms. The molecule has 4 heteroatoms. The summed E-state index contributed by atoms with van der Waals surface area (Å²) in [6.45, 7) is 2.05. The maximum absolute atomic E-state index is 4.48. The van der Waals surface area contributed by atoms with Crippen molar-refractivity contribution in [2.24, 2.45) is 0 Å². The van der Waals surface area contributed by atoms with E-state index < -0.39 is 0 Å². The summed E-state index contributed by atoms with van der Waals surface area (Å²) in [4.78, 5) is 13.0. The second-order valence-corrected chi connectivity index (χ2v) is 4.47. The number of anilines is 2. The van der Waals surface area contributed by atoms with Crippen LogP contribution < -0.4 is 5.32 Å². The lowest BCUT2D eigenvalue weighted by Gasteiger charge is -2.06. The van der Waals surface area contributed by atoms with Crippen molar-refractivity contribution in [1.29, 1.82) is 0 Å². The van der Waals surface area contributed by atoms with Gasteiger partial charge in [0.15, 0.2) is 0 Å². The topological polar surface area (TPSA) is 50.7 Å². The molecule has 1 N–H and O–H groups in total. The van der Waals surface area contributed by atoms with E-state index in [2.05, 4.69) is 39.3 Å². The Balaban J connectivity index is 1.88. The lowest BCUT2D eigenvalue weighted by Crippen LogP contribution is -1.98. The summed E-state index contributed by atoms with van der Waals surface area (Å²) in [7, 11) is 0. The van der Waals surface area contributed by atoms with Crippen molar-refractivity contribution in [3.05, 3.63) is 66.5 Å². The Morgan fingerprint density at radius 2 is 1.80 bits per heavy atom. The molecule has 0 fully saturated rings. The van der Waals surface area contributed by atoms with Gasteiger partial charge in [0.05, 0.1) is 11.4 Å². The number of hydrogen-bond donors (Lipinski definition) is 1. The van der Waals surface area contributed by atoms with Crippen molar-refractivity contribution >= 4 is 11.6 Å². The van der Waals surface area contributed by atoms with Crippen molar-refractivity contribution in [3.63, 3.8) is 0 Å². The van der Waals surface area contributed by atoms with Crippen molar-refractivity contribution in [2.75, 3.05) is 5.32 Å². The standard InChI is InChI=1S/C16H14N4/c1-12-5-4-6-13(11-12)19-16-18-10-8-15(20-16)14-7-2-3-9-17-14/h2-11H,1H3,(H,18,19,20). The summed E-state index contributed by atoms with van der Waals surface area (Å²) in [5.74, 6) is 0.568. The highest BCUT2D eigenvalue weighted by molar-refractivity contribution is 5.59. The zero-order valence-corrected chi connectivity index (χ0v) is 11.1. The van der Waals surface area contributed by atoms with Gasteiger partial charge in [0, 0.05) is 18.1 Å². The molecule has 0 aliphatic rings. The maximum atomic E-state index is 4.48. The minimum Gasteiger partial charge on any atom is -0.324 e. The third-order valence-electron chi connectivity index (χ3n) is 2.86. The van der Waals surface area contributed by atoms with Crippen LogP contribution in [0.2, 0.25) is 0 Å². The predicted molar refractivity (Wildman–Crippen MR) is 79.7 cm³/mol. The van der Waals surface area contributed by atoms with Crippen LogP contribution in [0.5, 0.6) is 0 Å². The number of hydrogen-bond acceptors (Lipinski definition) is 4. The van der Waals surface area contributed by atoms with Crippen molar-refractivity contribution in [1.82, 2.24) is 15.0 Å². The van der Waals surface area contributed by atoms with Crippen LogP contribution in [0.1, 0.15) is 5.56 Å². The first-order chi connectivity index (χ1) is 9.81. The Morgan fingerprint density at radius 1 is 0.850 bits per heavy atom. The third kappa shape index (κ3) is 2.80. The molecule has 0 aliphatic carbocycles. The molecule has 0 aliphatic heterocycles. The van der Waals surface area contributed by atoms with Gasteiger partial charge in [0.1, 0.15) is 0 Å². The van der Waals surface area contributed by atoms with E-state index in [9.17, 15) is 0 Å². The van der Waals surface area contributed by atoms with E-state index >= 15 is 0 Å². The van der Waals surface area contributed by atoms with Crippen LogP contribution in [0.3, 0.4) is 0 Å². The lowest BCUT2D eigenvalue weighted by atomic mass is 10.2. The molecule has 0 atom stereocenters. The van der Waals surface area contributed by atoms with Crippen LogP contribution in [0.15, 0.2) is 60.9 Å². The highest BCUT2D eigenvalue weighted by Gasteiger charge is 2.03. The molecule has 3 rings (SSSR count). The van der Waals surface area contributed by atoms with Crippen LogP contribution >= 0.6 is 0 Å². The molecule has 0 amide bonds. The van der Waals surface area contributed by atoms with E-state index in [-0.39, 0.29) is 0 Å². The summed E-state index contributed by atoms with van der Waals surface area (Å²) in [5, 5.41) is 3.20. The molecule has 0 saturated heterocycles. The van der Waals surface area contributed by atoms with Gasteiger partial charge in [-0.3, -0.25) is 4.98 Å². The van der Waals surface area contributed by atoms with E-state index in [1.807, 2.05) is 36.4 Å². The average Bonchev–Trinajstić information content (AvgIpc) is 2.48. The van der Waals surface area contributed by atoms with Gasteiger partial charge in [-0.2, -0.15) is 0 Å². The first kappa shape index (κ1) is 12.3. The van der Waals surface area contributed by atoms with Crippen molar-refractivity contribution < 1.29 is 0 Å². The van der Waals surface area contributed by atoms with Gasteiger partial charge in [0.2, 0.25) is 5.95 Å². The molecule has 3 aromatic rings. The molecule has 0 radical (unpaired) electrons. The smallest absolute Gasteiger partial charge is 0.227 e. The number of aryl methyl sites for hydroxylation is 1. The molecule has 2 heterocycles. The molecule has 98 valence electrons. The summed E-state index contributed by atoms with van der Waals surface area (Å²) >= 11 is 0. The molecular weight excluding hydrogens is 248 g/mol. The molecule has 0 saturated carbocycles. The van der Waals surface area contributed by atoms with Crippen molar-refractivity contribution in [2.45, 2.75) is 6.92 Å². The maximum Gasteiger partial charge on any atom is 0.227 e. The minimum atomic E-state index is 0.568. The van der Waals surface area contributed by atoms with E-state index in [4.69, 9.17) is 0 Å². The normalized spacial score (nSPS) is 10.2. The summed E-state index contributed by atoms with van der Waals surface area (Å²) in [6.07, 6.45) is 3.49. The van der Waals surface area contributed by atoms with Crippen molar-refractivity contribution in [3.8, 4) is 11.4 Å². The Hall–Kier alpha value is -2.75. The zero-order chi connectivity index (χ0) is 13.8. The fraction of sp³-hybridized carbons (Fsp3) is 0.0625. The van der Waals surface area contributed by atoms with Gasteiger partial charge in [-0.25, -0.2) is 9.97 Å². The van der Waals surface area contributed by atoms with Gasteiger partial charge < -0.3 is 5.32 Å². The number of aromatic nitrogens is 3. The highest BCUT2D eigenvalue weighted by Crippen LogP contribution is 2.17. The van der Waals surface area contributed by atoms with E-state index in [0.29, 0.717) is 5.95 Å². The van der Waals surface area contributed by atoms with E-state index in [1.165, 1.54) is 5.56 Å². The Morgan fingerprint density at radius 3 is 2.60 bits per heavy atom. The fourth-order valence-electron chi connectivity index (χ4n) is 1.93. The second kappa shape index (κ2) is 5.48. The molecule has 4 nitrogen and oxygen atoms in total. The number of nitrogens with one attached hydrogen (secondary N) is 1. The van der Waals surface area contributed by atoms with Gasteiger partial charge in [-0.15, -0.1) is 0 Å². The number of rotatable bonds is 3. The van der Waals surface area contributed by atoms with Crippen LogP contribution in [-0.4, -0.2) is 15.0 Å². The third-order valence-corrected chi connectivity index (χ3v) is 2.86. The highest BCUT2D eigenvalue weighted by atomic mass is 15.1. The Kier molecular flexibility index (Phi) is 3.37. The number of benzene rings is 1. The first-order valence-electron chi connectivity index (χ1n) is 6.39. The quantitative estimate of drug-likeness (QED) is 0.783. The fourth-order valence-corrected chi connectivity index (χ4v) is 1.93. The SMILES string of the molecule is Cc1cccc(Nc2nccc(-c3ccccn3)n2)c1. The van der Waals surface area contributed by atoms with Gasteiger partial charge in [-0.05, 0) is 42.8 Å². The molecule has 1 aromatic carbocycles. The summed E-state index contributed by atoms with van der Waals surface area (Å²) in [6, 6.07) is 15.7. The van der Waals surface area contributed by atoms with Gasteiger partial charge in [-0.1, -0.05) is 18.2 Å². The second-order valence-electron chi connectivity index (χ2n) is 4.47. The monoisotopic (exact) mass is 262 g/mol. The molecule has 0 bridgehead atoms. The average molecular weight is 262 g/mol. The summed E-state index contributed by atoms with van der Waals surface area (Å²) in [5.41, 5.74) is 3.80. The van der Waals surface area contributed by atoms with E-state index in [1.54, 1.807) is 12.4 Å². The van der Waals surface area contributed by atoms with Crippen LogP contribution in [-0.2, 0) is 0 Å². The Bertz CT molecular complexity index is 710. The Labute approximate surface area is 117 Å². The van der Waals surface area contributed by atoms with Crippen LogP contribution in [0, 0.1) is 6.92 Å². The van der Waals surface area contributed by atoms with Crippen LogP contribution in [0.25, 0.3) is 11.4 Å². The van der Waals surface area contributed by atoms with Crippen LogP contribution in [0.4, 0.5) is 11.6 Å².